The number of amides is 1. The molecule has 0 aliphatic carbocycles. The highest BCUT2D eigenvalue weighted by Gasteiger charge is 2.12. The molecule has 1 amide bonds. The van der Waals surface area contributed by atoms with Gasteiger partial charge in [0.2, 0.25) is 5.91 Å². The summed E-state index contributed by atoms with van der Waals surface area (Å²) >= 11 is 0. The Balaban J connectivity index is 1.72. The minimum Gasteiger partial charge on any atom is -0.366 e. The number of rotatable bonds is 5. The van der Waals surface area contributed by atoms with Gasteiger partial charge >= 0.3 is 0 Å². The summed E-state index contributed by atoms with van der Waals surface area (Å²) in [5.41, 5.74) is 8.18. The van der Waals surface area contributed by atoms with E-state index in [1.165, 1.54) is 4.85 Å². The summed E-state index contributed by atoms with van der Waals surface area (Å²) in [5.74, 6) is 0.716. The van der Waals surface area contributed by atoms with Crippen LogP contribution in [0, 0.1) is 6.92 Å². The lowest BCUT2D eigenvalue weighted by molar-refractivity contribution is 0.0998. The lowest BCUT2D eigenvalue weighted by atomic mass is 10.1. The molecule has 3 N–H and O–H groups in total. The molecule has 0 bridgehead atoms. The van der Waals surface area contributed by atoms with Crippen LogP contribution < -0.4 is 10.6 Å². The normalized spacial score (nSPS) is 11.3. The van der Waals surface area contributed by atoms with Crippen LogP contribution in [0.5, 0.6) is 5.75 Å². The highest BCUT2D eigenvalue weighted by atomic mass is 16.7. The molecule has 0 unspecified atom stereocenters. The zero-order valence-corrected chi connectivity index (χ0v) is 14.6. The van der Waals surface area contributed by atoms with Gasteiger partial charge in [0.25, 0.3) is 0 Å². The second-order valence-corrected chi connectivity index (χ2v) is 6.02. The minimum absolute atomic E-state index is 0.418. The van der Waals surface area contributed by atoms with Crippen molar-refractivity contribution in [3.8, 4) is 5.75 Å². The SMILES string of the molecule is Cc1ccc(On2nc(C=Cc3ncc[nH]3)c3ccccc32)cc1C(N)=O. The first-order valence-electron chi connectivity index (χ1n) is 8.36. The number of hydrogen-bond acceptors (Lipinski definition) is 4. The number of benzene rings is 2. The first-order valence-corrected chi connectivity index (χ1v) is 8.36. The fourth-order valence-corrected chi connectivity index (χ4v) is 2.81. The van der Waals surface area contributed by atoms with Crippen molar-refractivity contribution in [2.75, 3.05) is 0 Å². The Morgan fingerprint density at radius 1 is 1.22 bits per heavy atom. The van der Waals surface area contributed by atoms with Crippen LogP contribution in [0.2, 0.25) is 0 Å². The molecule has 4 aromatic rings. The first-order chi connectivity index (χ1) is 13.1. The largest absolute Gasteiger partial charge is 0.366 e. The van der Waals surface area contributed by atoms with E-state index in [0.29, 0.717) is 11.3 Å². The van der Waals surface area contributed by atoms with Crippen molar-refractivity contribution in [1.29, 1.82) is 0 Å². The number of nitrogens with one attached hydrogen (secondary N) is 1. The fourth-order valence-electron chi connectivity index (χ4n) is 2.81. The fraction of sp³-hybridized carbons (Fsp3) is 0.0500. The molecule has 2 aromatic carbocycles. The van der Waals surface area contributed by atoms with Crippen molar-refractivity contribution in [2.24, 2.45) is 5.73 Å². The van der Waals surface area contributed by atoms with Gasteiger partial charge in [-0.25, -0.2) is 4.98 Å². The van der Waals surface area contributed by atoms with Gasteiger partial charge in [-0.2, -0.15) is 0 Å². The van der Waals surface area contributed by atoms with Crippen molar-refractivity contribution in [1.82, 2.24) is 19.9 Å². The first kappa shape index (κ1) is 16.6. The average Bonchev–Trinajstić information content (AvgIpc) is 3.30. The number of imidazole rings is 1. The molecule has 4 rings (SSSR count). The van der Waals surface area contributed by atoms with Gasteiger partial charge in [-0.3, -0.25) is 4.79 Å². The van der Waals surface area contributed by atoms with E-state index in [2.05, 4.69) is 15.1 Å². The number of nitrogens with zero attached hydrogens (tertiary/aromatic N) is 3. The molecule has 2 aromatic heterocycles. The number of aromatic nitrogens is 4. The van der Waals surface area contributed by atoms with Gasteiger partial charge in [-0.15, -0.1) is 5.10 Å². The van der Waals surface area contributed by atoms with Gasteiger partial charge in [0.05, 0.1) is 5.69 Å². The number of carbonyl (C=O) groups excluding carboxylic acids is 1. The summed E-state index contributed by atoms with van der Waals surface area (Å²) in [4.78, 5) is 26.1. The van der Waals surface area contributed by atoms with Crippen LogP contribution in [0.1, 0.15) is 27.4 Å². The van der Waals surface area contributed by atoms with Crippen LogP contribution in [0.3, 0.4) is 0 Å². The Morgan fingerprint density at radius 3 is 2.85 bits per heavy atom. The van der Waals surface area contributed by atoms with E-state index in [9.17, 15) is 4.79 Å². The summed E-state index contributed by atoms with van der Waals surface area (Å²) in [5, 5.41) is 5.46. The van der Waals surface area contributed by atoms with Crippen LogP contribution >= 0.6 is 0 Å². The average molecular weight is 359 g/mol. The molecule has 0 atom stereocenters. The second-order valence-electron chi connectivity index (χ2n) is 6.02. The molecular formula is C20H17N5O2. The van der Waals surface area contributed by atoms with Gasteiger partial charge < -0.3 is 15.6 Å². The summed E-state index contributed by atoms with van der Waals surface area (Å²) < 4.78 is 0. The molecular weight excluding hydrogens is 342 g/mol. The number of aromatic amines is 1. The Bertz CT molecular complexity index is 1140. The lowest BCUT2D eigenvalue weighted by Crippen LogP contribution is -2.14. The van der Waals surface area contributed by atoms with Gasteiger partial charge in [-0.05, 0) is 42.8 Å². The van der Waals surface area contributed by atoms with Gasteiger partial charge in [-0.1, -0.05) is 29.1 Å². The third kappa shape index (κ3) is 3.30. The third-order valence-corrected chi connectivity index (χ3v) is 4.17. The molecule has 0 aliphatic rings. The Hall–Kier alpha value is -3.87. The van der Waals surface area contributed by atoms with E-state index in [-0.39, 0.29) is 0 Å². The molecule has 27 heavy (non-hydrogen) atoms. The van der Waals surface area contributed by atoms with Crippen LogP contribution in [0.4, 0.5) is 0 Å². The number of carbonyl (C=O) groups is 1. The molecule has 0 radical (unpaired) electrons. The summed E-state index contributed by atoms with van der Waals surface area (Å²) in [6.45, 7) is 1.82. The van der Waals surface area contributed by atoms with E-state index in [1.54, 1.807) is 30.6 Å². The number of fused-ring (bicyclic) bond motifs is 1. The highest BCUT2D eigenvalue weighted by molar-refractivity contribution is 5.94. The van der Waals surface area contributed by atoms with Crippen molar-refractivity contribution < 1.29 is 9.63 Å². The maximum absolute atomic E-state index is 11.6. The molecule has 134 valence electrons. The smallest absolute Gasteiger partial charge is 0.249 e. The predicted molar refractivity (Wildman–Crippen MR) is 103 cm³/mol. The summed E-state index contributed by atoms with van der Waals surface area (Å²) in [6.07, 6.45) is 7.15. The Morgan fingerprint density at radius 2 is 2.07 bits per heavy atom. The number of hydrogen-bond donors (Lipinski definition) is 2. The van der Waals surface area contributed by atoms with Crippen LogP contribution in [-0.4, -0.2) is 25.8 Å². The maximum atomic E-state index is 11.6. The standard InChI is InChI=1S/C20H17N5O2/c1-13-6-7-14(12-16(13)20(21)26)27-25-18-5-3-2-4-15(18)17(24-25)8-9-19-22-10-11-23-19/h2-12H,1H3,(H2,21,26)(H,22,23). The van der Waals surface area contributed by atoms with E-state index in [0.717, 1.165) is 28.0 Å². The molecule has 7 heteroatoms. The summed E-state index contributed by atoms with van der Waals surface area (Å²) in [6, 6.07) is 12.9. The zero-order chi connectivity index (χ0) is 18.8. The lowest BCUT2D eigenvalue weighted by Gasteiger charge is -2.08. The number of H-pyrrole nitrogens is 1. The minimum atomic E-state index is -0.495. The van der Waals surface area contributed by atoms with Crippen molar-refractivity contribution in [2.45, 2.75) is 6.92 Å². The molecule has 0 fully saturated rings. The third-order valence-electron chi connectivity index (χ3n) is 4.17. The number of aryl methyl sites for hydroxylation is 1. The molecule has 0 aliphatic heterocycles. The topological polar surface area (TPSA) is 98.8 Å². The van der Waals surface area contributed by atoms with Gasteiger partial charge in [0.1, 0.15) is 11.3 Å². The zero-order valence-electron chi connectivity index (χ0n) is 14.6. The van der Waals surface area contributed by atoms with Crippen molar-refractivity contribution >= 4 is 29.0 Å². The Kier molecular flexibility index (Phi) is 4.18. The van der Waals surface area contributed by atoms with Gasteiger partial charge in [0.15, 0.2) is 5.75 Å². The quantitative estimate of drug-likeness (QED) is 0.572. The molecule has 2 heterocycles. The van der Waals surface area contributed by atoms with Crippen molar-refractivity contribution in [3.63, 3.8) is 0 Å². The maximum Gasteiger partial charge on any atom is 0.249 e. The van der Waals surface area contributed by atoms with Gasteiger partial charge in [0, 0.05) is 23.3 Å². The molecule has 0 saturated carbocycles. The highest BCUT2D eigenvalue weighted by Crippen LogP contribution is 2.23. The number of nitrogens with two attached hydrogens (primary N) is 1. The number of primary amides is 1. The van der Waals surface area contributed by atoms with E-state index < -0.39 is 5.91 Å². The molecule has 0 spiro atoms. The van der Waals surface area contributed by atoms with Crippen LogP contribution in [0.15, 0.2) is 54.9 Å². The van der Waals surface area contributed by atoms with E-state index >= 15 is 0 Å². The molecule has 0 saturated heterocycles. The van der Waals surface area contributed by atoms with Crippen molar-refractivity contribution in [3.05, 3.63) is 77.5 Å². The number of para-hydroxylation sites is 1. The second kappa shape index (κ2) is 6.80. The predicted octanol–water partition coefficient (Wildman–Crippen LogP) is 3.18. The Labute approximate surface area is 155 Å². The van der Waals surface area contributed by atoms with E-state index in [4.69, 9.17) is 10.6 Å². The van der Waals surface area contributed by atoms with Crippen LogP contribution in [-0.2, 0) is 0 Å². The summed E-state index contributed by atoms with van der Waals surface area (Å²) in [7, 11) is 0. The molecule has 7 nitrogen and oxygen atoms in total. The monoisotopic (exact) mass is 359 g/mol. The van der Waals surface area contributed by atoms with Crippen LogP contribution in [0.25, 0.3) is 23.1 Å². The van der Waals surface area contributed by atoms with E-state index in [1.807, 2.05) is 43.3 Å².